The summed E-state index contributed by atoms with van der Waals surface area (Å²) >= 11 is 0. The van der Waals surface area contributed by atoms with Gasteiger partial charge in [0.25, 0.3) is 0 Å². The van der Waals surface area contributed by atoms with E-state index in [9.17, 15) is 0 Å². The van der Waals surface area contributed by atoms with Gasteiger partial charge in [0, 0.05) is 43.3 Å². The van der Waals surface area contributed by atoms with Gasteiger partial charge in [0.2, 0.25) is 0 Å². The first-order chi connectivity index (χ1) is 9.86. The van der Waals surface area contributed by atoms with E-state index in [1.54, 1.807) is 0 Å². The van der Waals surface area contributed by atoms with Crippen LogP contribution in [0.1, 0.15) is 37.1 Å². The summed E-state index contributed by atoms with van der Waals surface area (Å²) < 4.78 is 2.29. The topological polar surface area (TPSA) is 29.9 Å². The molecule has 1 saturated carbocycles. The molecular formula is C17H23N3. The summed E-state index contributed by atoms with van der Waals surface area (Å²) in [5.41, 5.74) is 2.60. The smallest absolute Gasteiger partial charge is 0.0421 e. The highest BCUT2D eigenvalue weighted by Gasteiger charge is 2.31. The van der Waals surface area contributed by atoms with Crippen molar-refractivity contribution in [3.63, 3.8) is 0 Å². The van der Waals surface area contributed by atoms with Gasteiger partial charge in [0.05, 0.1) is 0 Å². The first-order valence-electron chi connectivity index (χ1n) is 7.66. The molecule has 2 aromatic heterocycles. The maximum atomic E-state index is 4.38. The molecule has 0 spiro atoms. The monoisotopic (exact) mass is 269 g/mol. The molecule has 1 unspecified atom stereocenters. The Bertz CT molecular complexity index is 528. The number of aromatic nitrogens is 2. The second-order valence-corrected chi connectivity index (χ2v) is 5.63. The lowest BCUT2D eigenvalue weighted by Crippen LogP contribution is -2.22. The Morgan fingerprint density at radius 1 is 1.35 bits per heavy atom. The fourth-order valence-corrected chi connectivity index (χ4v) is 2.78. The van der Waals surface area contributed by atoms with E-state index in [1.165, 1.54) is 18.4 Å². The lowest BCUT2D eigenvalue weighted by Gasteiger charge is -2.15. The third kappa shape index (κ3) is 3.28. The highest BCUT2D eigenvalue weighted by atomic mass is 15.0. The number of hydrogen-bond acceptors (Lipinski definition) is 2. The van der Waals surface area contributed by atoms with E-state index in [1.807, 2.05) is 12.3 Å². The molecule has 1 fully saturated rings. The molecule has 3 heteroatoms. The van der Waals surface area contributed by atoms with Crippen LogP contribution in [-0.2, 0) is 13.0 Å². The molecule has 0 bridgehead atoms. The van der Waals surface area contributed by atoms with Crippen molar-refractivity contribution in [2.75, 3.05) is 6.54 Å². The maximum absolute atomic E-state index is 4.38. The average molecular weight is 269 g/mol. The van der Waals surface area contributed by atoms with Gasteiger partial charge in [0.15, 0.2) is 0 Å². The summed E-state index contributed by atoms with van der Waals surface area (Å²) in [6.07, 6.45) is 10.1. The van der Waals surface area contributed by atoms with E-state index in [0.717, 1.165) is 31.1 Å². The van der Waals surface area contributed by atoms with Gasteiger partial charge in [-0.3, -0.25) is 4.98 Å². The van der Waals surface area contributed by atoms with Gasteiger partial charge >= 0.3 is 0 Å². The zero-order valence-corrected chi connectivity index (χ0v) is 12.1. The van der Waals surface area contributed by atoms with E-state index >= 15 is 0 Å². The second kappa shape index (κ2) is 6.23. The molecule has 1 N–H and O–H groups in total. The third-order valence-electron chi connectivity index (χ3n) is 4.00. The Labute approximate surface area is 121 Å². The molecule has 0 saturated heterocycles. The summed E-state index contributed by atoms with van der Waals surface area (Å²) in [5, 5.41) is 3.62. The van der Waals surface area contributed by atoms with Crippen LogP contribution in [-0.4, -0.2) is 16.1 Å². The molecule has 2 heterocycles. The predicted molar refractivity (Wildman–Crippen MR) is 81.5 cm³/mol. The van der Waals surface area contributed by atoms with Gasteiger partial charge in [0.1, 0.15) is 0 Å². The van der Waals surface area contributed by atoms with E-state index in [2.05, 4.69) is 52.4 Å². The van der Waals surface area contributed by atoms with Crippen LogP contribution < -0.4 is 5.32 Å². The molecule has 3 rings (SSSR count). The summed E-state index contributed by atoms with van der Waals surface area (Å²) in [6, 6.07) is 8.93. The van der Waals surface area contributed by atoms with Crippen molar-refractivity contribution in [3.05, 3.63) is 54.1 Å². The molecule has 0 radical (unpaired) electrons. The largest absolute Gasteiger partial charge is 0.354 e. The van der Waals surface area contributed by atoms with Crippen molar-refractivity contribution in [3.8, 4) is 0 Å². The fraction of sp³-hybridized carbons (Fsp3) is 0.471. The lowest BCUT2D eigenvalue weighted by atomic mass is 10.1. The van der Waals surface area contributed by atoms with Crippen LogP contribution in [0.3, 0.4) is 0 Å². The van der Waals surface area contributed by atoms with Crippen LogP contribution in [0.5, 0.6) is 0 Å². The number of rotatable bonds is 7. The van der Waals surface area contributed by atoms with Crippen molar-refractivity contribution in [1.82, 2.24) is 14.9 Å². The fourth-order valence-electron chi connectivity index (χ4n) is 2.78. The highest BCUT2D eigenvalue weighted by Crippen LogP contribution is 2.40. The summed E-state index contributed by atoms with van der Waals surface area (Å²) in [7, 11) is 0. The van der Waals surface area contributed by atoms with Crippen LogP contribution >= 0.6 is 0 Å². The van der Waals surface area contributed by atoms with E-state index in [0.29, 0.717) is 6.04 Å². The highest BCUT2D eigenvalue weighted by molar-refractivity contribution is 5.18. The minimum atomic E-state index is 0.552. The van der Waals surface area contributed by atoms with Gasteiger partial charge in [-0.05, 0) is 49.1 Å². The van der Waals surface area contributed by atoms with E-state index in [4.69, 9.17) is 0 Å². The first-order valence-corrected chi connectivity index (χ1v) is 7.66. The molecule has 20 heavy (non-hydrogen) atoms. The van der Waals surface area contributed by atoms with Crippen LogP contribution in [0.4, 0.5) is 0 Å². The average Bonchev–Trinajstić information content (AvgIpc) is 3.22. The first kappa shape index (κ1) is 13.4. The number of pyridine rings is 1. The molecule has 3 nitrogen and oxygen atoms in total. The number of aryl methyl sites for hydroxylation is 2. The summed E-state index contributed by atoms with van der Waals surface area (Å²) in [4.78, 5) is 4.38. The molecule has 0 aromatic carbocycles. The Hall–Kier alpha value is -1.61. The van der Waals surface area contributed by atoms with Gasteiger partial charge in [-0.1, -0.05) is 13.0 Å². The van der Waals surface area contributed by atoms with Crippen molar-refractivity contribution < 1.29 is 0 Å². The van der Waals surface area contributed by atoms with Crippen molar-refractivity contribution in [2.24, 2.45) is 5.92 Å². The van der Waals surface area contributed by atoms with E-state index in [-0.39, 0.29) is 0 Å². The standard InChI is InChI=1S/C17H23N3/c1-2-18-17(14-6-7-14)15-8-11-20(13-15)12-9-16-5-3-4-10-19-16/h3-5,8,10-11,13-14,17-18H,2,6-7,9,12H2,1H3. The third-order valence-corrected chi connectivity index (χ3v) is 4.00. The molecule has 2 aromatic rings. The van der Waals surface area contributed by atoms with Crippen molar-refractivity contribution in [2.45, 2.75) is 38.8 Å². The molecule has 1 atom stereocenters. The quantitative estimate of drug-likeness (QED) is 0.836. The number of hydrogen-bond donors (Lipinski definition) is 1. The molecular weight excluding hydrogens is 246 g/mol. The molecule has 1 aliphatic rings. The maximum Gasteiger partial charge on any atom is 0.0421 e. The zero-order chi connectivity index (χ0) is 13.8. The Balaban J connectivity index is 1.61. The van der Waals surface area contributed by atoms with Gasteiger partial charge in [-0.2, -0.15) is 0 Å². The molecule has 106 valence electrons. The number of nitrogens with zero attached hydrogens (tertiary/aromatic N) is 2. The Morgan fingerprint density at radius 2 is 2.25 bits per heavy atom. The van der Waals surface area contributed by atoms with Crippen molar-refractivity contribution in [1.29, 1.82) is 0 Å². The van der Waals surface area contributed by atoms with Crippen LogP contribution in [0.25, 0.3) is 0 Å². The number of nitrogens with one attached hydrogen (secondary N) is 1. The minimum Gasteiger partial charge on any atom is -0.354 e. The summed E-state index contributed by atoms with van der Waals surface area (Å²) in [6.45, 7) is 4.23. The molecule has 1 aliphatic carbocycles. The Morgan fingerprint density at radius 3 is 2.95 bits per heavy atom. The van der Waals surface area contributed by atoms with Crippen molar-refractivity contribution >= 4 is 0 Å². The lowest BCUT2D eigenvalue weighted by molar-refractivity contribution is 0.495. The molecule has 0 aliphatic heterocycles. The Kier molecular flexibility index (Phi) is 4.16. The van der Waals surface area contributed by atoms with Gasteiger partial charge in [-0.15, -0.1) is 0 Å². The van der Waals surface area contributed by atoms with E-state index < -0.39 is 0 Å². The minimum absolute atomic E-state index is 0.552. The summed E-state index contributed by atoms with van der Waals surface area (Å²) in [5.74, 6) is 0.849. The van der Waals surface area contributed by atoms with Gasteiger partial charge in [-0.25, -0.2) is 0 Å². The SMILES string of the molecule is CCNC(c1ccn(CCc2ccccn2)c1)C1CC1. The second-order valence-electron chi connectivity index (χ2n) is 5.63. The van der Waals surface area contributed by atoms with Gasteiger partial charge < -0.3 is 9.88 Å². The molecule has 0 amide bonds. The van der Waals surface area contributed by atoms with Crippen LogP contribution in [0.15, 0.2) is 42.9 Å². The normalized spacial score (nSPS) is 16.2. The zero-order valence-electron chi connectivity index (χ0n) is 12.1. The van der Waals surface area contributed by atoms with Crippen LogP contribution in [0.2, 0.25) is 0 Å². The van der Waals surface area contributed by atoms with Crippen LogP contribution in [0, 0.1) is 5.92 Å². The predicted octanol–water partition coefficient (Wildman–Crippen LogP) is 3.19.